The van der Waals surface area contributed by atoms with Crippen molar-refractivity contribution >= 4 is 11.9 Å². The monoisotopic (exact) mass is 228 g/mol. The van der Waals surface area contributed by atoms with E-state index >= 15 is 0 Å². The van der Waals surface area contributed by atoms with Crippen molar-refractivity contribution in [1.82, 2.24) is 10.1 Å². The van der Waals surface area contributed by atoms with Gasteiger partial charge in [-0.05, 0) is 6.92 Å². The van der Waals surface area contributed by atoms with E-state index in [4.69, 9.17) is 10.2 Å². The highest BCUT2D eigenvalue weighted by molar-refractivity contribution is 5.94. The summed E-state index contributed by atoms with van der Waals surface area (Å²) in [5.41, 5.74) is -0.0970. The lowest BCUT2D eigenvalue weighted by molar-refractivity contribution is 0.0642. The topological polar surface area (TPSA) is 104 Å². The number of amides is 1. The van der Waals surface area contributed by atoms with Gasteiger partial charge >= 0.3 is 5.97 Å². The van der Waals surface area contributed by atoms with Gasteiger partial charge in [-0.1, -0.05) is 5.16 Å². The van der Waals surface area contributed by atoms with Gasteiger partial charge in [0, 0.05) is 13.1 Å². The molecule has 7 nitrogen and oxygen atoms in total. The van der Waals surface area contributed by atoms with E-state index in [-0.39, 0.29) is 18.3 Å². The minimum absolute atomic E-state index is 0.0970. The Balaban J connectivity index is 2.84. The number of hydrogen-bond donors (Lipinski definition) is 2. The molecule has 1 atom stereocenters. The average Bonchev–Trinajstić information content (AvgIpc) is 2.75. The number of nitrogens with zero attached hydrogens (tertiary/aromatic N) is 2. The van der Waals surface area contributed by atoms with Crippen LogP contribution in [0.25, 0.3) is 0 Å². The molecule has 1 unspecified atom stereocenters. The predicted octanol–water partition coefficient (Wildman–Crippen LogP) is -0.174. The van der Waals surface area contributed by atoms with Crippen molar-refractivity contribution in [1.29, 1.82) is 0 Å². The molecule has 0 aliphatic heterocycles. The predicted molar refractivity (Wildman–Crippen MR) is 52.1 cm³/mol. The van der Waals surface area contributed by atoms with Crippen LogP contribution in [0.5, 0.6) is 0 Å². The third-order valence-electron chi connectivity index (χ3n) is 2.19. The van der Waals surface area contributed by atoms with Crippen LogP contribution in [-0.4, -0.2) is 51.8 Å². The average molecular weight is 228 g/mol. The summed E-state index contributed by atoms with van der Waals surface area (Å²) in [6.07, 6.45) is 0. The Morgan fingerprint density at radius 3 is 2.69 bits per heavy atom. The highest BCUT2D eigenvalue weighted by Gasteiger charge is 2.22. The fourth-order valence-corrected chi connectivity index (χ4v) is 0.980. The second-order valence-electron chi connectivity index (χ2n) is 3.33. The molecule has 0 aliphatic carbocycles. The lowest BCUT2D eigenvalue weighted by Gasteiger charge is -2.21. The van der Waals surface area contributed by atoms with E-state index in [9.17, 15) is 9.59 Å². The quantitative estimate of drug-likeness (QED) is 0.741. The van der Waals surface area contributed by atoms with Crippen LogP contribution in [0, 0.1) is 0 Å². The Morgan fingerprint density at radius 1 is 1.62 bits per heavy atom. The molecule has 1 aromatic heterocycles. The van der Waals surface area contributed by atoms with Crippen molar-refractivity contribution in [3.05, 3.63) is 17.5 Å². The van der Waals surface area contributed by atoms with Gasteiger partial charge < -0.3 is 19.6 Å². The largest absolute Gasteiger partial charge is 0.475 e. The number of carbonyl (C=O) groups excluding carboxylic acids is 1. The van der Waals surface area contributed by atoms with Crippen molar-refractivity contribution in [3.8, 4) is 0 Å². The Labute approximate surface area is 91.3 Å². The van der Waals surface area contributed by atoms with E-state index < -0.39 is 17.6 Å². The molecule has 0 saturated heterocycles. The van der Waals surface area contributed by atoms with Crippen LogP contribution in [0.3, 0.4) is 0 Å². The maximum atomic E-state index is 11.7. The van der Waals surface area contributed by atoms with Gasteiger partial charge in [0.25, 0.3) is 5.91 Å². The molecule has 0 aliphatic rings. The van der Waals surface area contributed by atoms with Crippen molar-refractivity contribution < 1.29 is 24.3 Å². The number of hydrogen-bond acceptors (Lipinski definition) is 5. The summed E-state index contributed by atoms with van der Waals surface area (Å²) in [5.74, 6) is -2.18. The molecule has 0 fully saturated rings. The molecule has 0 saturated carbocycles. The zero-order valence-corrected chi connectivity index (χ0v) is 8.88. The number of rotatable bonds is 4. The van der Waals surface area contributed by atoms with Crippen molar-refractivity contribution in [2.24, 2.45) is 0 Å². The summed E-state index contributed by atoms with van der Waals surface area (Å²) in [6, 6.07) is 0.670. The zero-order chi connectivity index (χ0) is 12.3. The van der Waals surface area contributed by atoms with Crippen LogP contribution < -0.4 is 0 Å². The van der Waals surface area contributed by atoms with Gasteiger partial charge in [-0.25, -0.2) is 4.79 Å². The van der Waals surface area contributed by atoms with E-state index in [1.54, 1.807) is 6.92 Å². The smallest absolute Gasteiger partial charge is 0.374 e. The maximum absolute atomic E-state index is 11.7. The third kappa shape index (κ3) is 2.37. The number of aromatic nitrogens is 1. The Kier molecular flexibility index (Phi) is 3.62. The van der Waals surface area contributed by atoms with Gasteiger partial charge in [0.05, 0.1) is 12.6 Å². The standard InChI is InChI=1S/C9H12N2O5/c1-5(4-12)11(2)8(13)6-3-7(9(14)15)16-10-6/h3,5,12H,4H2,1-2H3,(H,14,15). The molecule has 1 aromatic rings. The molecule has 7 heteroatoms. The molecule has 1 rings (SSSR count). The Morgan fingerprint density at radius 2 is 2.25 bits per heavy atom. The number of aliphatic hydroxyl groups excluding tert-OH is 1. The summed E-state index contributed by atoms with van der Waals surface area (Å²) < 4.78 is 4.45. The van der Waals surface area contributed by atoms with Crippen LogP contribution in [0.1, 0.15) is 28.0 Å². The molecule has 0 bridgehead atoms. The fourth-order valence-electron chi connectivity index (χ4n) is 0.980. The van der Waals surface area contributed by atoms with Crippen molar-refractivity contribution in [3.63, 3.8) is 0 Å². The molecule has 2 N–H and O–H groups in total. The first kappa shape index (κ1) is 12.2. The fraction of sp³-hybridized carbons (Fsp3) is 0.444. The summed E-state index contributed by atoms with van der Waals surface area (Å²) in [4.78, 5) is 23.4. The second kappa shape index (κ2) is 4.75. The summed E-state index contributed by atoms with van der Waals surface area (Å²) in [5, 5.41) is 20.8. The van der Waals surface area contributed by atoms with E-state index in [0.29, 0.717) is 0 Å². The number of likely N-dealkylation sites (N-methyl/N-ethyl adjacent to an activating group) is 1. The molecular formula is C9H12N2O5. The van der Waals surface area contributed by atoms with Crippen molar-refractivity contribution in [2.45, 2.75) is 13.0 Å². The highest BCUT2D eigenvalue weighted by Crippen LogP contribution is 2.08. The van der Waals surface area contributed by atoms with Gasteiger partial charge in [-0.15, -0.1) is 0 Å². The molecule has 0 spiro atoms. The van der Waals surface area contributed by atoms with Crippen molar-refractivity contribution in [2.75, 3.05) is 13.7 Å². The van der Waals surface area contributed by atoms with Crippen LogP contribution in [0.2, 0.25) is 0 Å². The number of carbonyl (C=O) groups is 2. The molecule has 0 radical (unpaired) electrons. The molecule has 88 valence electrons. The van der Waals surface area contributed by atoms with E-state index in [1.807, 2.05) is 0 Å². The first-order valence-electron chi connectivity index (χ1n) is 4.55. The normalized spacial score (nSPS) is 12.2. The van der Waals surface area contributed by atoms with E-state index in [2.05, 4.69) is 9.68 Å². The summed E-state index contributed by atoms with van der Waals surface area (Å²) in [7, 11) is 1.48. The molecular weight excluding hydrogens is 216 g/mol. The highest BCUT2D eigenvalue weighted by atomic mass is 16.5. The first-order chi connectivity index (χ1) is 7.47. The molecule has 1 heterocycles. The van der Waals surface area contributed by atoms with E-state index in [1.165, 1.54) is 11.9 Å². The van der Waals surface area contributed by atoms with Gasteiger partial charge in [-0.3, -0.25) is 4.79 Å². The van der Waals surface area contributed by atoms with Gasteiger partial charge in [0.1, 0.15) is 0 Å². The maximum Gasteiger partial charge on any atom is 0.374 e. The minimum atomic E-state index is -1.29. The van der Waals surface area contributed by atoms with Crippen LogP contribution in [-0.2, 0) is 0 Å². The van der Waals surface area contributed by atoms with E-state index in [0.717, 1.165) is 6.07 Å². The molecule has 0 aromatic carbocycles. The SMILES string of the molecule is CC(CO)N(C)C(=O)c1cc(C(=O)O)on1. The van der Waals surface area contributed by atoms with Crippen LogP contribution in [0.15, 0.2) is 10.6 Å². The number of aliphatic hydroxyl groups is 1. The van der Waals surface area contributed by atoms with Crippen LogP contribution >= 0.6 is 0 Å². The van der Waals surface area contributed by atoms with Gasteiger partial charge in [-0.2, -0.15) is 0 Å². The Bertz CT molecular complexity index is 400. The van der Waals surface area contributed by atoms with Gasteiger partial charge in [0.15, 0.2) is 5.69 Å². The Hall–Kier alpha value is -1.89. The zero-order valence-electron chi connectivity index (χ0n) is 8.88. The second-order valence-corrected chi connectivity index (χ2v) is 3.33. The minimum Gasteiger partial charge on any atom is -0.475 e. The lowest BCUT2D eigenvalue weighted by atomic mass is 10.2. The molecule has 16 heavy (non-hydrogen) atoms. The number of aromatic carboxylic acids is 1. The summed E-state index contributed by atoms with van der Waals surface area (Å²) >= 11 is 0. The van der Waals surface area contributed by atoms with Crippen LogP contribution in [0.4, 0.5) is 0 Å². The number of carboxylic acid groups (broad SMARTS) is 1. The number of carboxylic acids is 1. The lowest BCUT2D eigenvalue weighted by Crippen LogP contribution is -2.37. The molecule has 1 amide bonds. The third-order valence-corrected chi connectivity index (χ3v) is 2.19. The van der Waals surface area contributed by atoms with Gasteiger partial charge in [0.2, 0.25) is 5.76 Å². The summed E-state index contributed by atoms with van der Waals surface area (Å²) in [6.45, 7) is 1.46. The first-order valence-corrected chi connectivity index (χ1v) is 4.55.